The molecule has 0 bridgehead atoms. The molecule has 1 unspecified atom stereocenters. The summed E-state index contributed by atoms with van der Waals surface area (Å²) >= 11 is 0. The summed E-state index contributed by atoms with van der Waals surface area (Å²) in [6, 6.07) is 10.9. The van der Waals surface area contributed by atoms with E-state index in [2.05, 4.69) is 29.7 Å². The molecule has 0 radical (unpaired) electrons. The van der Waals surface area contributed by atoms with E-state index in [-0.39, 0.29) is 10.9 Å². The van der Waals surface area contributed by atoms with Gasteiger partial charge < -0.3 is 13.7 Å². The van der Waals surface area contributed by atoms with Crippen LogP contribution in [0.4, 0.5) is 0 Å². The highest BCUT2D eigenvalue weighted by molar-refractivity contribution is 7.89. The Hall–Kier alpha value is -3.17. The van der Waals surface area contributed by atoms with Crippen molar-refractivity contribution in [2.45, 2.75) is 43.7 Å². The van der Waals surface area contributed by atoms with E-state index < -0.39 is 21.1 Å². The standard InChI is InChI=1S/C25H26N4O4S/c1-15-7-9-19-18(13-15)17-5-4-6-21-23(17)28(19)11-12-29(21)34(32,33)16-8-10-20-22(14-16)27(3)25(31)24(30)26(20)2/h7-10,13-14,21H,4-6,11-12H2,1-3H3. The summed E-state index contributed by atoms with van der Waals surface area (Å²) in [5, 5.41) is 1.24. The van der Waals surface area contributed by atoms with Crippen molar-refractivity contribution >= 4 is 32.0 Å². The van der Waals surface area contributed by atoms with Gasteiger partial charge in [-0.25, -0.2) is 8.42 Å². The molecule has 3 heterocycles. The van der Waals surface area contributed by atoms with Crippen LogP contribution in [0.3, 0.4) is 0 Å². The van der Waals surface area contributed by atoms with Gasteiger partial charge in [-0.3, -0.25) is 9.59 Å². The van der Waals surface area contributed by atoms with Crippen molar-refractivity contribution < 1.29 is 8.42 Å². The third-order valence-corrected chi connectivity index (χ3v) is 9.45. The smallest absolute Gasteiger partial charge is 0.316 e. The summed E-state index contributed by atoms with van der Waals surface area (Å²) in [5.74, 6) is 0. The minimum Gasteiger partial charge on any atom is -0.341 e. The molecule has 176 valence electrons. The molecule has 0 spiro atoms. The number of aryl methyl sites for hydroxylation is 4. The molecular formula is C25H26N4O4S. The first-order chi connectivity index (χ1) is 16.2. The van der Waals surface area contributed by atoms with E-state index in [1.165, 1.54) is 51.3 Å². The van der Waals surface area contributed by atoms with Crippen molar-refractivity contribution in [2.24, 2.45) is 14.1 Å². The molecule has 0 N–H and O–H groups in total. The molecule has 2 aliphatic rings. The molecule has 34 heavy (non-hydrogen) atoms. The molecule has 8 nitrogen and oxygen atoms in total. The van der Waals surface area contributed by atoms with E-state index >= 15 is 0 Å². The summed E-state index contributed by atoms with van der Waals surface area (Å²) in [6.07, 6.45) is 2.67. The van der Waals surface area contributed by atoms with Crippen molar-refractivity contribution in [3.8, 4) is 0 Å². The first-order valence-electron chi connectivity index (χ1n) is 11.5. The Kier molecular flexibility index (Phi) is 4.50. The minimum atomic E-state index is -3.82. The van der Waals surface area contributed by atoms with Gasteiger partial charge >= 0.3 is 11.1 Å². The normalized spacial score (nSPS) is 18.5. The van der Waals surface area contributed by atoms with Crippen LogP contribution in [0.25, 0.3) is 21.9 Å². The predicted molar refractivity (Wildman–Crippen MR) is 131 cm³/mol. The highest BCUT2D eigenvalue weighted by atomic mass is 32.2. The fourth-order valence-corrected chi connectivity index (χ4v) is 7.46. The Balaban J connectivity index is 1.51. The van der Waals surface area contributed by atoms with E-state index in [1.807, 2.05) is 0 Å². The monoisotopic (exact) mass is 478 g/mol. The quantitative estimate of drug-likeness (QED) is 0.415. The lowest BCUT2D eigenvalue weighted by molar-refractivity contribution is 0.243. The lowest BCUT2D eigenvalue weighted by Gasteiger charge is -2.39. The third kappa shape index (κ3) is 2.77. The second-order valence-corrected chi connectivity index (χ2v) is 11.3. The second-order valence-electron chi connectivity index (χ2n) is 9.44. The predicted octanol–water partition coefficient (Wildman–Crippen LogP) is 2.58. The van der Waals surface area contributed by atoms with E-state index in [4.69, 9.17) is 0 Å². The molecule has 1 atom stereocenters. The Labute approximate surface area is 196 Å². The summed E-state index contributed by atoms with van der Waals surface area (Å²) in [6.45, 7) is 3.08. The number of fused-ring (bicyclic) bond motifs is 4. The number of hydrogen-bond acceptors (Lipinski definition) is 4. The van der Waals surface area contributed by atoms with Gasteiger partial charge in [0.05, 0.1) is 22.0 Å². The molecule has 0 saturated heterocycles. The van der Waals surface area contributed by atoms with E-state index in [9.17, 15) is 18.0 Å². The number of benzene rings is 2. The number of nitrogens with zero attached hydrogens (tertiary/aromatic N) is 4. The molecule has 9 heteroatoms. The molecule has 2 aromatic carbocycles. The van der Waals surface area contributed by atoms with Crippen LogP contribution in [0.15, 0.2) is 50.9 Å². The molecule has 6 rings (SSSR count). The average molecular weight is 479 g/mol. The maximum absolute atomic E-state index is 13.9. The van der Waals surface area contributed by atoms with Crippen LogP contribution in [0, 0.1) is 6.92 Å². The van der Waals surface area contributed by atoms with Crippen LogP contribution in [0.5, 0.6) is 0 Å². The zero-order valence-electron chi connectivity index (χ0n) is 19.4. The minimum absolute atomic E-state index is 0.140. The summed E-state index contributed by atoms with van der Waals surface area (Å²) in [5.41, 5.74) is 4.39. The largest absolute Gasteiger partial charge is 0.341 e. The Morgan fingerprint density at radius 3 is 2.35 bits per heavy atom. The summed E-state index contributed by atoms with van der Waals surface area (Å²) in [7, 11) is -0.801. The third-order valence-electron chi connectivity index (χ3n) is 7.55. The van der Waals surface area contributed by atoms with Crippen LogP contribution in [0.2, 0.25) is 0 Å². The molecular weight excluding hydrogens is 452 g/mol. The van der Waals surface area contributed by atoms with Gasteiger partial charge in [0.2, 0.25) is 10.0 Å². The van der Waals surface area contributed by atoms with Gasteiger partial charge in [-0.05, 0) is 62.1 Å². The molecule has 1 aliphatic heterocycles. The fourth-order valence-electron chi connectivity index (χ4n) is 5.83. The van der Waals surface area contributed by atoms with Gasteiger partial charge in [0.25, 0.3) is 0 Å². The zero-order chi connectivity index (χ0) is 23.9. The Bertz CT molecular complexity index is 1740. The number of hydrogen-bond donors (Lipinski definition) is 0. The maximum atomic E-state index is 13.9. The highest BCUT2D eigenvalue weighted by Crippen LogP contribution is 2.44. The van der Waals surface area contributed by atoms with E-state index in [0.717, 1.165) is 25.0 Å². The van der Waals surface area contributed by atoms with Crippen molar-refractivity contribution in [1.29, 1.82) is 0 Å². The lowest BCUT2D eigenvalue weighted by Crippen LogP contribution is -2.43. The van der Waals surface area contributed by atoms with Crippen LogP contribution in [-0.4, -0.2) is 33.0 Å². The van der Waals surface area contributed by atoms with Crippen molar-refractivity contribution in [1.82, 2.24) is 18.0 Å². The summed E-state index contributed by atoms with van der Waals surface area (Å²) in [4.78, 5) is 24.6. The van der Waals surface area contributed by atoms with Gasteiger partial charge in [-0.15, -0.1) is 0 Å². The Morgan fingerprint density at radius 1 is 0.882 bits per heavy atom. The van der Waals surface area contributed by atoms with Crippen molar-refractivity contribution in [3.05, 3.63) is 73.9 Å². The number of sulfonamides is 1. The van der Waals surface area contributed by atoms with Gasteiger partial charge in [0.15, 0.2) is 0 Å². The SMILES string of the molecule is Cc1ccc2c(c1)c1c3n2CCN(S(=O)(=O)c2ccc4c(c2)n(C)c(=O)c(=O)n4C)C3CCC1. The molecule has 0 amide bonds. The average Bonchev–Trinajstić information content (AvgIpc) is 3.15. The fraction of sp³-hybridized carbons (Fsp3) is 0.360. The number of aromatic nitrogens is 3. The first kappa shape index (κ1) is 21.4. The topological polar surface area (TPSA) is 86.3 Å². The van der Waals surface area contributed by atoms with Gasteiger partial charge in [0.1, 0.15) is 0 Å². The van der Waals surface area contributed by atoms with E-state index in [1.54, 1.807) is 16.4 Å². The first-order valence-corrected chi connectivity index (χ1v) is 13.0. The van der Waals surface area contributed by atoms with Crippen LogP contribution >= 0.6 is 0 Å². The Morgan fingerprint density at radius 2 is 1.59 bits per heavy atom. The second kappa shape index (κ2) is 7.16. The lowest BCUT2D eigenvalue weighted by atomic mass is 9.90. The van der Waals surface area contributed by atoms with E-state index in [0.29, 0.717) is 24.1 Å². The molecule has 4 aromatic rings. The molecule has 1 aliphatic carbocycles. The van der Waals surface area contributed by atoms with Crippen molar-refractivity contribution in [2.75, 3.05) is 6.54 Å². The number of rotatable bonds is 2. The van der Waals surface area contributed by atoms with Gasteiger partial charge in [-0.2, -0.15) is 4.31 Å². The highest BCUT2D eigenvalue weighted by Gasteiger charge is 2.41. The van der Waals surface area contributed by atoms with Crippen LogP contribution in [0.1, 0.15) is 35.7 Å². The van der Waals surface area contributed by atoms with Gasteiger partial charge in [0, 0.05) is 43.8 Å². The van der Waals surface area contributed by atoms with Crippen LogP contribution < -0.4 is 11.1 Å². The molecule has 0 saturated carbocycles. The summed E-state index contributed by atoms with van der Waals surface area (Å²) < 4.78 is 34.3. The zero-order valence-corrected chi connectivity index (χ0v) is 20.2. The van der Waals surface area contributed by atoms with Crippen molar-refractivity contribution in [3.63, 3.8) is 0 Å². The molecule has 0 fully saturated rings. The molecule has 2 aromatic heterocycles. The maximum Gasteiger partial charge on any atom is 0.316 e. The van der Waals surface area contributed by atoms with Crippen LogP contribution in [-0.2, 0) is 37.1 Å². The van der Waals surface area contributed by atoms with Gasteiger partial charge in [-0.1, -0.05) is 11.6 Å².